The normalized spacial score (nSPS) is 14.2. The Bertz CT molecular complexity index is 510. The number of rotatable bonds is 3. The van der Waals surface area contributed by atoms with Gasteiger partial charge in [-0.3, -0.25) is 14.8 Å². The lowest BCUT2D eigenvalue weighted by atomic mass is 10.0. The van der Waals surface area contributed by atoms with Gasteiger partial charge in [0.25, 0.3) is 5.91 Å². The average molecular weight is 282 g/mol. The van der Waals surface area contributed by atoms with Gasteiger partial charge in [-0.25, -0.2) is 5.48 Å². The average Bonchev–Trinajstić information content (AvgIpc) is 2.75. The molecule has 2 heterocycles. The summed E-state index contributed by atoms with van der Waals surface area (Å²) in [6.45, 7) is 5.15. The van der Waals surface area contributed by atoms with E-state index in [9.17, 15) is 9.59 Å². The van der Waals surface area contributed by atoms with Crippen molar-refractivity contribution < 1.29 is 14.8 Å². The van der Waals surface area contributed by atoms with Gasteiger partial charge in [0.15, 0.2) is 0 Å². The Balaban J connectivity index is 2.23. The second-order valence-corrected chi connectivity index (χ2v) is 5.82. The molecule has 6 heteroatoms. The molecule has 19 heavy (non-hydrogen) atoms. The fourth-order valence-electron chi connectivity index (χ4n) is 2.37. The van der Waals surface area contributed by atoms with E-state index in [4.69, 9.17) is 5.21 Å². The highest BCUT2D eigenvalue weighted by molar-refractivity contribution is 7.14. The minimum atomic E-state index is -0.469. The van der Waals surface area contributed by atoms with E-state index in [1.54, 1.807) is 5.48 Å². The molecule has 0 aromatic carbocycles. The van der Waals surface area contributed by atoms with Gasteiger partial charge < -0.3 is 4.90 Å². The number of nitrogens with one attached hydrogen (secondary N) is 1. The number of nitrogens with zero attached hydrogens (tertiary/aromatic N) is 1. The van der Waals surface area contributed by atoms with E-state index in [0.717, 1.165) is 28.8 Å². The molecule has 5 nitrogen and oxygen atoms in total. The fraction of sp³-hybridized carbons (Fsp3) is 0.538. The number of carbonyl (C=O) groups excluding carboxylic acids is 2. The van der Waals surface area contributed by atoms with Gasteiger partial charge in [0.05, 0.1) is 4.88 Å². The molecule has 2 N–H and O–H groups in total. The van der Waals surface area contributed by atoms with Crippen molar-refractivity contribution in [3.8, 4) is 0 Å². The molecule has 1 aliphatic heterocycles. The molecule has 0 aliphatic carbocycles. The summed E-state index contributed by atoms with van der Waals surface area (Å²) in [5.74, 6) is -0.296. The number of carbonyl (C=O) groups is 2. The Morgan fingerprint density at radius 3 is 2.84 bits per heavy atom. The van der Waals surface area contributed by atoms with E-state index in [1.165, 1.54) is 11.3 Å². The fourth-order valence-corrected chi connectivity index (χ4v) is 3.57. The summed E-state index contributed by atoms with van der Waals surface area (Å²) < 4.78 is 0. The maximum atomic E-state index is 11.9. The summed E-state index contributed by atoms with van der Waals surface area (Å²) in [4.78, 5) is 27.0. The lowest BCUT2D eigenvalue weighted by molar-refractivity contribution is -0.132. The molecule has 1 aromatic rings. The van der Waals surface area contributed by atoms with Crippen molar-refractivity contribution in [2.75, 3.05) is 6.54 Å². The Morgan fingerprint density at radius 1 is 1.47 bits per heavy atom. The van der Waals surface area contributed by atoms with E-state index in [0.29, 0.717) is 24.4 Å². The number of hydrogen-bond acceptors (Lipinski definition) is 4. The predicted octanol–water partition coefficient (Wildman–Crippen LogP) is 1.86. The van der Waals surface area contributed by atoms with Crippen LogP contribution >= 0.6 is 11.3 Å². The van der Waals surface area contributed by atoms with E-state index in [1.807, 2.05) is 18.7 Å². The summed E-state index contributed by atoms with van der Waals surface area (Å²) in [7, 11) is 0. The molecule has 104 valence electrons. The molecule has 2 rings (SSSR count). The first-order valence-corrected chi connectivity index (χ1v) is 7.23. The van der Waals surface area contributed by atoms with Crippen LogP contribution in [0.1, 0.15) is 45.4 Å². The molecule has 0 fully saturated rings. The summed E-state index contributed by atoms with van der Waals surface area (Å²) in [6, 6.07) is 0. The SMILES string of the molecule is CCCC(=O)N1CCc2sc(C(=O)NO)c(C)c2C1. The number of thiophene rings is 1. The molecule has 2 amide bonds. The summed E-state index contributed by atoms with van der Waals surface area (Å²) in [5, 5.41) is 8.73. The molecule has 0 bridgehead atoms. The van der Waals surface area contributed by atoms with Crippen molar-refractivity contribution in [2.24, 2.45) is 0 Å². The molecule has 0 radical (unpaired) electrons. The molecule has 0 spiro atoms. The zero-order valence-electron chi connectivity index (χ0n) is 11.2. The van der Waals surface area contributed by atoms with Crippen molar-refractivity contribution >= 4 is 23.2 Å². The molecular formula is C13H18N2O3S. The molecule has 0 atom stereocenters. The Labute approximate surface area is 116 Å². The van der Waals surface area contributed by atoms with Gasteiger partial charge in [-0.2, -0.15) is 0 Å². The monoisotopic (exact) mass is 282 g/mol. The standard InChI is InChI=1S/C13H18N2O3S/c1-3-4-11(16)15-6-5-10-9(7-15)8(2)12(19-10)13(17)14-18/h18H,3-7H2,1-2H3,(H,14,17). The molecule has 1 aliphatic rings. The van der Waals surface area contributed by atoms with Gasteiger partial charge in [-0.05, 0) is 30.9 Å². The Kier molecular flexibility index (Phi) is 4.21. The van der Waals surface area contributed by atoms with Crippen molar-refractivity contribution in [1.29, 1.82) is 0 Å². The van der Waals surface area contributed by atoms with Gasteiger partial charge >= 0.3 is 0 Å². The van der Waals surface area contributed by atoms with Crippen molar-refractivity contribution in [1.82, 2.24) is 10.4 Å². The second kappa shape index (κ2) is 5.71. The third-order valence-electron chi connectivity index (χ3n) is 3.44. The van der Waals surface area contributed by atoms with Crippen molar-refractivity contribution in [3.05, 3.63) is 20.9 Å². The zero-order valence-corrected chi connectivity index (χ0v) is 12.0. The van der Waals surface area contributed by atoms with Crippen LogP contribution in [0.25, 0.3) is 0 Å². The lowest BCUT2D eigenvalue weighted by Crippen LogP contribution is -2.35. The first-order valence-electron chi connectivity index (χ1n) is 6.41. The summed E-state index contributed by atoms with van der Waals surface area (Å²) >= 11 is 1.41. The molecule has 1 aromatic heterocycles. The highest BCUT2D eigenvalue weighted by atomic mass is 32.1. The van der Waals surface area contributed by atoms with Gasteiger partial charge in [0.1, 0.15) is 0 Å². The van der Waals surface area contributed by atoms with Crippen LogP contribution in [0.4, 0.5) is 0 Å². The van der Waals surface area contributed by atoms with Crippen molar-refractivity contribution in [2.45, 2.75) is 39.7 Å². The molecular weight excluding hydrogens is 264 g/mol. The van der Waals surface area contributed by atoms with Gasteiger partial charge in [-0.1, -0.05) is 6.92 Å². The summed E-state index contributed by atoms with van der Waals surface area (Å²) in [6.07, 6.45) is 2.21. The minimum absolute atomic E-state index is 0.173. The highest BCUT2D eigenvalue weighted by Crippen LogP contribution is 2.32. The van der Waals surface area contributed by atoms with E-state index in [2.05, 4.69) is 0 Å². The molecule has 0 saturated heterocycles. The number of fused-ring (bicyclic) bond motifs is 1. The van der Waals surface area contributed by atoms with Crippen molar-refractivity contribution in [3.63, 3.8) is 0 Å². The van der Waals surface area contributed by atoms with E-state index in [-0.39, 0.29) is 5.91 Å². The van der Waals surface area contributed by atoms with Gasteiger partial charge in [-0.15, -0.1) is 11.3 Å². The third-order valence-corrected chi connectivity index (χ3v) is 4.83. The quantitative estimate of drug-likeness (QED) is 0.656. The Hall–Kier alpha value is -1.40. The largest absolute Gasteiger partial charge is 0.338 e. The van der Waals surface area contributed by atoms with Crippen LogP contribution in [0.2, 0.25) is 0 Å². The predicted molar refractivity (Wildman–Crippen MR) is 72.3 cm³/mol. The number of amides is 2. The third kappa shape index (κ3) is 2.64. The zero-order chi connectivity index (χ0) is 14.0. The maximum absolute atomic E-state index is 11.9. The smallest absolute Gasteiger partial charge is 0.284 e. The van der Waals surface area contributed by atoms with Crippen LogP contribution in [-0.4, -0.2) is 28.5 Å². The summed E-state index contributed by atoms with van der Waals surface area (Å²) in [5.41, 5.74) is 3.62. The van der Waals surface area contributed by atoms with Crippen LogP contribution < -0.4 is 5.48 Å². The van der Waals surface area contributed by atoms with Crippen LogP contribution in [0.5, 0.6) is 0 Å². The van der Waals surface area contributed by atoms with Gasteiger partial charge in [0.2, 0.25) is 5.91 Å². The highest BCUT2D eigenvalue weighted by Gasteiger charge is 2.26. The van der Waals surface area contributed by atoms with E-state index >= 15 is 0 Å². The molecule has 0 unspecified atom stereocenters. The Morgan fingerprint density at radius 2 is 2.21 bits per heavy atom. The number of hydrogen-bond donors (Lipinski definition) is 2. The van der Waals surface area contributed by atoms with Gasteiger partial charge in [0, 0.05) is 24.4 Å². The second-order valence-electron chi connectivity index (χ2n) is 4.71. The van der Waals surface area contributed by atoms with Crippen LogP contribution in [0.15, 0.2) is 0 Å². The van der Waals surface area contributed by atoms with Crippen LogP contribution in [0, 0.1) is 6.92 Å². The first-order chi connectivity index (χ1) is 9.08. The maximum Gasteiger partial charge on any atom is 0.284 e. The first kappa shape index (κ1) is 14.0. The molecule has 0 saturated carbocycles. The number of hydroxylamine groups is 1. The lowest BCUT2D eigenvalue weighted by Gasteiger charge is -2.27. The minimum Gasteiger partial charge on any atom is -0.338 e. The van der Waals surface area contributed by atoms with E-state index < -0.39 is 5.91 Å². The topological polar surface area (TPSA) is 69.6 Å². The van der Waals surface area contributed by atoms with Crippen LogP contribution in [0.3, 0.4) is 0 Å². The van der Waals surface area contributed by atoms with Crippen LogP contribution in [-0.2, 0) is 17.8 Å².